The van der Waals surface area contributed by atoms with Gasteiger partial charge in [-0.15, -0.1) is 0 Å². The molecule has 0 radical (unpaired) electrons. The van der Waals surface area contributed by atoms with Crippen molar-refractivity contribution in [1.82, 2.24) is 23.9 Å². The molecule has 0 aliphatic carbocycles. The SMILES string of the molecule is COCCOc1ccc2c(c1)c(C(=O)O)c(N1C[C@@H](C)n3c(c(CCCOc4cc(C)c(Cl)c(C)c4)c4ccc(Cl)c(-c5c(C)nn(C)c5C)c43)C1=O)n2Cc1ccccn1. The summed E-state index contributed by atoms with van der Waals surface area (Å²) in [6.07, 6.45) is 2.78. The lowest BCUT2D eigenvalue weighted by Gasteiger charge is -2.35. The van der Waals surface area contributed by atoms with Crippen LogP contribution in [0.4, 0.5) is 5.82 Å². The van der Waals surface area contributed by atoms with Crippen molar-refractivity contribution < 1.29 is 28.9 Å². The Labute approximate surface area is 364 Å². The highest BCUT2D eigenvalue weighted by Gasteiger charge is 2.40. The molecule has 0 saturated heterocycles. The summed E-state index contributed by atoms with van der Waals surface area (Å²) in [4.78, 5) is 35.4. The molecule has 8 rings (SSSR count). The predicted molar refractivity (Wildman–Crippen MR) is 239 cm³/mol. The average molecular weight is 864 g/mol. The zero-order chi connectivity index (χ0) is 43.3. The number of anilines is 1. The topological polar surface area (TPSA) is 126 Å². The summed E-state index contributed by atoms with van der Waals surface area (Å²) >= 11 is 13.6. The van der Waals surface area contributed by atoms with Gasteiger partial charge in [-0.2, -0.15) is 5.10 Å². The van der Waals surface area contributed by atoms with E-state index in [4.69, 9.17) is 42.5 Å². The average Bonchev–Trinajstić information content (AvgIpc) is 3.82. The van der Waals surface area contributed by atoms with E-state index < -0.39 is 5.97 Å². The summed E-state index contributed by atoms with van der Waals surface area (Å²) in [7, 11) is 3.50. The van der Waals surface area contributed by atoms with Crippen LogP contribution in [0.25, 0.3) is 32.9 Å². The number of carbonyl (C=O) groups excluding carboxylic acids is 1. The summed E-state index contributed by atoms with van der Waals surface area (Å²) < 4.78 is 23.2. The monoisotopic (exact) mass is 862 g/mol. The van der Waals surface area contributed by atoms with Gasteiger partial charge in [-0.25, -0.2) is 4.79 Å². The van der Waals surface area contributed by atoms with Crippen LogP contribution in [0.5, 0.6) is 11.5 Å². The number of ether oxygens (including phenoxy) is 3. The Balaban J connectivity index is 1.31. The van der Waals surface area contributed by atoms with Crippen LogP contribution in [0.2, 0.25) is 10.0 Å². The molecule has 3 aromatic carbocycles. The third-order valence-corrected chi connectivity index (χ3v) is 12.6. The number of fused-ring (bicyclic) bond motifs is 4. The van der Waals surface area contributed by atoms with Crippen molar-refractivity contribution in [2.45, 2.75) is 60.0 Å². The minimum Gasteiger partial charge on any atom is -0.494 e. The minimum absolute atomic E-state index is 0.00192. The van der Waals surface area contributed by atoms with Gasteiger partial charge in [-0.3, -0.25) is 19.4 Å². The molecule has 0 saturated carbocycles. The van der Waals surface area contributed by atoms with Gasteiger partial charge in [0, 0.05) is 65.6 Å². The van der Waals surface area contributed by atoms with E-state index in [0.717, 1.165) is 55.9 Å². The molecule has 1 N–H and O–H groups in total. The fraction of sp³-hybridized carbons (Fsp3) is 0.319. The second-order valence-electron chi connectivity index (χ2n) is 15.7. The Hall–Kier alpha value is -5.82. The maximum absolute atomic E-state index is 15.6. The number of aromatic carboxylic acids is 1. The standard InChI is InChI=1S/C47H48Cl2N6O6/c1-26-21-33(22-27(2)42(26)49)60-18-10-12-34-35-14-15-37(48)41(39-29(4)51-52(6)30(39)5)43(35)55-28(3)24-54(46(56)44(34)55)45-40(47(57)58)36-23-32(61-20-19-59-7)13-16-38(36)53(45)25-31-11-8-9-17-50-31/h8-9,11,13-17,21-23,28H,10,12,18-20,24-25H2,1-7H3,(H,57,58)/t28-/m1/s1. The normalized spacial score (nSPS) is 14.0. The number of pyridine rings is 1. The lowest BCUT2D eigenvalue weighted by atomic mass is 9.98. The van der Waals surface area contributed by atoms with E-state index in [1.165, 1.54) is 0 Å². The van der Waals surface area contributed by atoms with Crippen molar-refractivity contribution in [2.24, 2.45) is 7.05 Å². The van der Waals surface area contributed by atoms with Gasteiger partial charge >= 0.3 is 5.97 Å². The quantitative estimate of drug-likeness (QED) is 0.107. The Kier molecular flexibility index (Phi) is 11.6. The summed E-state index contributed by atoms with van der Waals surface area (Å²) in [5, 5.41) is 18.4. The highest BCUT2D eigenvalue weighted by atomic mass is 35.5. The first kappa shape index (κ1) is 41.9. The molecule has 1 amide bonds. The van der Waals surface area contributed by atoms with Crippen molar-refractivity contribution in [3.63, 3.8) is 0 Å². The van der Waals surface area contributed by atoms with Crippen molar-refractivity contribution in [1.29, 1.82) is 0 Å². The maximum Gasteiger partial charge on any atom is 0.340 e. The number of nitrogens with zero attached hydrogens (tertiary/aromatic N) is 6. The van der Waals surface area contributed by atoms with Crippen molar-refractivity contribution >= 4 is 62.7 Å². The van der Waals surface area contributed by atoms with Crippen molar-refractivity contribution in [3.8, 4) is 22.6 Å². The van der Waals surface area contributed by atoms with E-state index >= 15 is 4.79 Å². The molecule has 0 bridgehead atoms. The van der Waals surface area contributed by atoms with Crippen LogP contribution < -0.4 is 14.4 Å². The smallest absolute Gasteiger partial charge is 0.340 e. The van der Waals surface area contributed by atoms with E-state index in [9.17, 15) is 9.90 Å². The summed E-state index contributed by atoms with van der Waals surface area (Å²) in [6, 6.07) is 18.4. The van der Waals surface area contributed by atoms with Crippen LogP contribution in [0.1, 0.15) is 74.0 Å². The number of amides is 1. The molecule has 12 nitrogen and oxygen atoms in total. The van der Waals surface area contributed by atoms with Crippen LogP contribution in [-0.2, 0) is 24.8 Å². The van der Waals surface area contributed by atoms with Crippen molar-refractivity contribution in [2.75, 3.05) is 38.4 Å². The first-order chi connectivity index (χ1) is 29.3. The fourth-order valence-corrected chi connectivity index (χ4v) is 9.23. The van der Waals surface area contributed by atoms with E-state index in [2.05, 4.69) is 16.5 Å². The molecule has 316 valence electrons. The maximum atomic E-state index is 15.6. The summed E-state index contributed by atoms with van der Waals surface area (Å²) in [5.74, 6) is 0.00765. The molecule has 1 aliphatic heterocycles. The Morgan fingerprint density at radius 2 is 1.67 bits per heavy atom. The van der Waals surface area contributed by atoms with E-state index in [1.54, 1.807) is 30.3 Å². The third-order valence-electron chi connectivity index (χ3n) is 11.6. The molecule has 1 atom stereocenters. The number of carbonyl (C=O) groups is 2. The van der Waals surface area contributed by atoms with Gasteiger partial charge in [0.15, 0.2) is 0 Å². The number of aryl methyl sites for hydroxylation is 5. The lowest BCUT2D eigenvalue weighted by Crippen LogP contribution is -2.44. The zero-order valence-electron chi connectivity index (χ0n) is 35.3. The number of carboxylic acids is 1. The van der Waals surface area contributed by atoms with Crippen LogP contribution in [0.3, 0.4) is 0 Å². The van der Waals surface area contributed by atoms with Crippen molar-refractivity contribution in [3.05, 3.63) is 122 Å². The number of halogens is 2. The molecule has 0 unspecified atom stereocenters. The first-order valence-corrected chi connectivity index (χ1v) is 21.0. The number of aromatic nitrogens is 5. The van der Waals surface area contributed by atoms with Crippen LogP contribution >= 0.6 is 23.2 Å². The molecule has 7 aromatic rings. The molecule has 0 spiro atoms. The van der Waals surface area contributed by atoms with Crippen LogP contribution in [-0.4, -0.2) is 74.4 Å². The second kappa shape index (κ2) is 16.9. The lowest BCUT2D eigenvalue weighted by molar-refractivity contribution is 0.0699. The second-order valence-corrected chi connectivity index (χ2v) is 16.5. The molecule has 61 heavy (non-hydrogen) atoms. The largest absolute Gasteiger partial charge is 0.494 e. The molecule has 0 fully saturated rings. The van der Waals surface area contributed by atoms with Crippen LogP contribution in [0.15, 0.2) is 66.9 Å². The molecular weight excluding hydrogens is 815 g/mol. The van der Waals surface area contributed by atoms with Gasteiger partial charge in [0.05, 0.1) is 47.2 Å². The van der Waals surface area contributed by atoms with Gasteiger partial charge in [0.25, 0.3) is 5.91 Å². The minimum atomic E-state index is -1.16. The summed E-state index contributed by atoms with van der Waals surface area (Å²) in [6.45, 7) is 11.4. The summed E-state index contributed by atoms with van der Waals surface area (Å²) in [5.41, 5.74) is 8.84. The van der Waals surface area contributed by atoms with Gasteiger partial charge in [-0.1, -0.05) is 35.3 Å². The third kappa shape index (κ3) is 7.51. The Morgan fingerprint density at radius 3 is 2.34 bits per heavy atom. The highest BCUT2D eigenvalue weighted by molar-refractivity contribution is 6.35. The Bertz CT molecular complexity index is 2820. The molecule has 1 aliphatic rings. The highest BCUT2D eigenvalue weighted by Crippen LogP contribution is 2.46. The molecule has 5 heterocycles. The first-order valence-electron chi connectivity index (χ1n) is 20.3. The van der Waals surface area contributed by atoms with Gasteiger partial charge in [0.2, 0.25) is 0 Å². The number of benzene rings is 3. The van der Waals surface area contributed by atoms with Gasteiger partial charge < -0.3 is 28.5 Å². The number of carboxylic acid groups (broad SMARTS) is 1. The zero-order valence-corrected chi connectivity index (χ0v) is 36.8. The van der Waals surface area contributed by atoms with Crippen LogP contribution in [0, 0.1) is 27.7 Å². The van der Waals surface area contributed by atoms with E-state index in [-0.39, 0.29) is 43.0 Å². The number of methoxy groups -OCH3 is 1. The van der Waals surface area contributed by atoms with Gasteiger partial charge in [0.1, 0.15) is 35.2 Å². The number of hydrogen-bond donors (Lipinski definition) is 1. The number of rotatable bonds is 14. The Morgan fingerprint density at radius 1 is 0.918 bits per heavy atom. The number of hydrogen-bond acceptors (Lipinski definition) is 7. The predicted octanol–water partition coefficient (Wildman–Crippen LogP) is 9.94. The molecular formula is C47H48Cl2N6O6. The molecule has 14 heteroatoms. The van der Waals surface area contributed by atoms with E-state index in [1.807, 2.05) is 92.5 Å². The van der Waals surface area contributed by atoms with Gasteiger partial charge in [-0.05, 0) is 113 Å². The fourth-order valence-electron chi connectivity index (χ4n) is 8.87. The van der Waals surface area contributed by atoms with E-state index in [0.29, 0.717) is 64.1 Å². The molecule has 4 aromatic heterocycles.